The number of aryl methyl sites for hydroxylation is 2. The molecule has 1 aliphatic carbocycles. The average Bonchev–Trinajstić information content (AvgIpc) is 3.63. The van der Waals surface area contributed by atoms with E-state index in [9.17, 15) is 0 Å². The quantitative estimate of drug-likeness (QED) is 0.167. The standard InChI is InChI=1S/C54H53BN2O/c1-34-31-45-48-46(32-34)57(43-22-16-15-21-41(43)36-18-11-10-12-19-36)44-33-37(40-20-14-13-17-35(40)2)23-28-42(44)55(48)51-49(47-50(58-51)54(8,9)30-29-53(47,6)7)56(45)39-26-24-38(25-27-39)52(3,4)5/h10-28,31-33H,29-30H2,1-9H3. The van der Waals surface area contributed by atoms with E-state index in [4.69, 9.17) is 4.42 Å². The molecule has 0 radical (unpaired) electrons. The van der Waals surface area contributed by atoms with Crippen LogP contribution in [0.3, 0.4) is 0 Å². The van der Waals surface area contributed by atoms with Gasteiger partial charge in [-0.2, -0.15) is 0 Å². The number of hydrogen-bond donors (Lipinski definition) is 0. The van der Waals surface area contributed by atoms with E-state index < -0.39 is 0 Å². The Hall–Kier alpha value is -5.74. The predicted octanol–water partition coefficient (Wildman–Crippen LogP) is 13.0. The van der Waals surface area contributed by atoms with Gasteiger partial charge < -0.3 is 14.2 Å². The van der Waals surface area contributed by atoms with E-state index in [1.165, 1.54) is 83.9 Å². The maximum absolute atomic E-state index is 7.55. The maximum atomic E-state index is 7.55. The molecule has 3 heterocycles. The van der Waals surface area contributed by atoms with E-state index in [1.807, 2.05) is 0 Å². The number of nitrogens with zero attached hydrogens (tertiary/aromatic N) is 2. The Balaban J connectivity index is 1.32. The van der Waals surface area contributed by atoms with Crippen LogP contribution < -0.4 is 26.4 Å². The molecule has 0 atom stereocenters. The van der Waals surface area contributed by atoms with Gasteiger partial charge in [0.15, 0.2) is 0 Å². The van der Waals surface area contributed by atoms with Gasteiger partial charge in [-0.15, -0.1) is 0 Å². The maximum Gasteiger partial charge on any atom is 0.297 e. The Kier molecular flexibility index (Phi) is 8.13. The number of hydrogen-bond acceptors (Lipinski definition) is 3. The Morgan fingerprint density at radius 3 is 1.93 bits per heavy atom. The molecule has 0 unspecified atom stereocenters. The highest BCUT2D eigenvalue weighted by Gasteiger charge is 2.52. The van der Waals surface area contributed by atoms with Gasteiger partial charge >= 0.3 is 0 Å². The van der Waals surface area contributed by atoms with Crippen molar-refractivity contribution < 1.29 is 4.42 Å². The van der Waals surface area contributed by atoms with E-state index in [2.05, 4.69) is 206 Å². The van der Waals surface area contributed by atoms with Crippen molar-refractivity contribution in [3.8, 4) is 22.3 Å². The minimum absolute atomic E-state index is 0.0491. The molecule has 0 spiro atoms. The molecule has 288 valence electrons. The van der Waals surface area contributed by atoms with E-state index in [0.717, 1.165) is 29.9 Å². The summed E-state index contributed by atoms with van der Waals surface area (Å²) in [6, 6.07) is 49.9. The van der Waals surface area contributed by atoms with Crippen LogP contribution in [0.25, 0.3) is 22.3 Å². The molecule has 4 heteroatoms. The van der Waals surface area contributed by atoms with Gasteiger partial charge in [0.05, 0.1) is 17.0 Å². The highest BCUT2D eigenvalue weighted by Crippen LogP contribution is 2.55. The van der Waals surface area contributed by atoms with Crippen molar-refractivity contribution in [2.75, 3.05) is 9.80 Å². The normalized spacial score (nSPS) is 16.1. The summed E-state index contributed by atoms with van der Waals surface area (Å²) in [5.74, 6) is 1.14. The van der Waals surface area contributed by atoms with E-state index in [1.54, 1.807) is 0 Å². The molecule has 1 aromatic heterocycles. The molecule has 58 heavy (non-hydrogen) atoms. The molecule has 10 rings (SSSR count). The Morgan fingerprint density at radius 1 is 0.586 bits per heavy atom. The van der Waals surface area contributed by atoms with Crippen LogP contribution in [0.15, 0.2) is 138 Å². The second-order valence-electron chi connectivity index (χ2n) is 19.4. The topological polar surface area (TPSA) is 19.6 Å². The lowest BCUT2D eigenvalue weighted by Crippen LogP contribution is -2.61. The molecule has 6 aromatic carbocycles. The first-order chi connectivity index (χ1) is 27.7. The highest BCUT2D eigenvalue weighted by atomic mass is 16.3. The van der Waals surface area contributed by atoms with Crippen molar-refractivity contribution in [1.82, 2.24) is 0 Å². The molecule has 0 N–H and O–H groups in total. The van der Waals surface area contributed by atoms with Crippen LogP contribution in [0.4, 0.5) is 34.1 Å². The largest absolute Gasteiger partial charge is 0.472 e. The summed E-state index contributed by atoms with van der Waals surface area (Å²) in [5.41, 5.74) is 20.8. The van der Waals surface area contributed by atoms with E-state index >= 15 is 0 Å². The van der Waals surface area contributed by atoms with Crippen LogP contribution in [0.5, 0.6) is 0 Å². The highest BCUT2D eigenvalue weighted by molar-refractivity contribution is 6.99. The second kappa shape index (κ2) is 12.9. The zero-order valence-electron chi connectivity index (χ0n) is 35.5. The van der Waals surface area contributed by atoms with Gasteiger partial charge in [0, 0.05) is 39.3 Å². The predicted molar refractivity (Wildman–Crippen MR) is 247 cm³/mol. The van der Waals surface area contributed by atoms with Crippen LogP contribution in [-0.2, 0) is 16.2 Å². The number of anilines is 6. The number of furan rings is 1. The van der Waals surface area contributed by atoms with Crippen molar-refractivity contribution in [3.05, 3.63) is 161 Å². The van der Waals surface area contributed by atoms with Crippen LogP contribution >= 0.6 is 0 Å². The molecule has 7 aromatic rings. The molecule has 0 saturated carbocycles. The third-order valence-electron chi connectivity index (χ3n) is 13.4. The number of rotatable bonds is 4. The second-order valence-corrected chi connectivity index (χ2v) is 19.4. The molecule has 2 aliphatic heterocycles. The third kappa shape index (κ3) is 5.55. The zero-order valence-corrected chi connectivity index (χ0v) is 35.5. The molecule has 0 amide bonds. The summed E-state index contributed by atoms with van der Waals surface area (Å²) in [7, 11) is 0. The molecular formula is C54H53BN2O. The summed E-state index contributed by atoms with van der Waals surface area (Å²) >= 11 is 0. The van der Waals surface area contributed by atoms with Crippen molar-refractivity contribution >= 4 is 57.4 Å². The first-order valence-corrected chi connectivity index (χ1v) is 21.1. The lowest BCUT2D eigenvalue weighted by atomic mass is 9.35. The van der Waals surface area contributed by atoms with Crippen LogP contribution in [0.2, 0.25) is 0 Å². The first-order valence-electron chi connectivity index (χ1n) is 21.1. The molecule has 3 aliphatic rings. The molecule has 3 nitrogen and oxygen atoms in total. The fourth-order valence-electron chi connectivity index (χ4n) is 10.1. The number of fused-ring (bicyclic) bond motifs is 6. The van der Waals surface area contributed by atoms with Gasteiger partial charge in [-0.25, -0.2) is 0 Å². The summed E-state index contributed by atoms with van der Waals surface area (Å²) < 4.78 is 7.55. The summed E-state index contributed by atoms with van der Waals surface area (Å²) in [4.78, 5) is 5.13. The summed E-state index contributed by atoms with van der Waals surface area (Å²) in [6.07, 6.45) is 2.19. The number of para-hydroxylation sites is 1. The van der Waals surface area contributed by atoms with Gasteiger partial charge in [0.1, 0.15) is 5.76 Å². The van der Waals surface area contributed by atoms with Crippen LogP contribution in [0, 0.1) is 13.8 Å². The van der Waals surface area contributed by atoms with Crippen molar-refractivity contribution in [1.29, 1.82) is 0 Å². The summed E-state index contributed by atoms with van der Waals surface area (Å²) in [5, 5.41) is 0. The SMILES string of the molecule is Cc1cc2c3c(c1)N(c1ccc(C(C)(C)C)cc1)c1c(oc4c1C(C)(C)CCC4(C)C)B3c1ccc(-c3ccccc3C)cc1N2c1ccccc1-c1ccccc1. The van der Waals surface area contributed by atoms with Crippen LogP contribution in [-0.4, -0.2) is 6.71 Å². The first kappa shape index (κ1) is 36.6. The zero-order chi connectivity index (χ0) is 40.3. The van der Waals surface area contributed by atoms with Gasteiger partial charge in [0.2, 0.25) is 0 Å². The van der Waals surface area contributed by atoms with E-state index in [-0.39, 0.29) is 23.0 Å². The van der Waals surface area contributed by atoms with Crippen molar-refractivity contribution in [2.45, 2.75) is 91.4 Å². The fraction of sp³-hybridized carbons (Fsp3) is 0.259. The lowest BCUT2D eigenvalue weighted by Gasteiger charge is -2.44. The average molecular weight is 757 g/mol. The summed E-state index contributed by atoms with van der Waals surface area (Å²) in [6.45, 7) is 20.9. The Bertz CT molecular complexity index is 2750. The fourth-order valence-corrected chi connectivity index (χ4v) is 10.1. The minimum Gasteiger partial charge on any atom is -0.472 e. The van der Waals surface area contributed by atoms with Gasteiger partial charge in [-0.1, -0.05) is 146 Å². The van der Waals surface area contributed by atoms with Gasteiger partial charge in [0.25, 0.3) is 6.71 Å². The molecule has 0 fully saturated rings. The molecule has 0 bridgehead atoms. The van der Waals surface area contributed by atoms with Gasteiger partial charge in [-0.3, -0.25) is 0 Å². The lowest BCUT2D eigenvalue weighted by molar-refractivity contribution is 0.282. The van der Waals surface area contributed by atoms with Crippen molar-refractivity contribution in [2.24, 2.45) is 0 Å². The Labute approximate surface area is 345 Å². The van der Waals surface area contributed by atoms with Crippen molar-refractivity contribution in [3.63, 3.8) is 0 Å². The molecule has 0 saturated heterocycles. The third-order valence-corrected chi connectivity index (χ3v) is 13.4. The molecular weight excluding hydrogens is 703 g/mol. The minimum atomic E-state index is -0.0955. The monoisotopic (exact) mass is 756 g/mol. The Morgan fingerprint density at radius 2 is 1.22 bits per heavy atom. The number of benzene rings is 6. The smallest absolute Gasteiger partial charge is 0.297 e. The van der Waals surface area contributed by atoms with E-state index in [0.29, 0.717) is 0 Å². The van der Waals surface area contributed by atoms with Crippen LogP contribution in [0.1, 0.15) is 89.3 Å². The van der Waals surface area contributed by atoms with Gasteiger partial charge in [-0.05, 0) is 118 Å².